The maximum atomic E-state index is 11.4. The highest BCUT2D eigenvalue weighted by molar-refractivity contribution is 5.97. The fourth-order valence-electron chi connectivity index (χ4n) is 2.09. The van der Waals surface area contributed by atoms with Crippen molar-refractivity contribution in [2.45, 2.75) is 6.54 Å². The molecule has 84 valence electrons. The van der Waals surface area contributed by atoms with E-state index < -0.39 is 0 Å². The molecule has 2 amide bonds. The van der Waals surface area contributed by atoms with E-state index in [1.165, 1.54) is 0 Å². The fourth-order valence-corrected chi connectivity index (χ4v) is 2.09. The SMILES string of the molecule is O=C1NCc2cccc(-c3ccccc3)c2N1. The molecular weight excluding hydrogens is 212 g/mol. The quantitative estimate of drug-likeness (QED) is 0.768. The monoisotopic (exact) mass is 224 g/mol. The predicted octanol–water partition coefficient (Wildman–Crippen LogP) is 2.99. The maximum Gasteiger partial charge on any atom is 0.319 e. The third-order valence-corrected chi connectivity index (χ3v) is 2.91. The summed E-state index contributed by atoms with van der Waals surface area (Å²) in [5.74, 6) is 0. The molecule has 0 atom stereocenters. The summed E-state index contributed by atoms with van der Waals surface area (Å²) in [7, 11) is 0. The van der Waals surface area contributed by atoms with Crippen LogP contribution >= 0.6 is 0 Å². The summed E-state index contributed by atoms with van der Waals surface area (Å²) in [4.78, 5) is 11.4. The van der Waals surface area contributed by atoms with E-state index in [1.54, 1.807) is 0 Å². The Kier molecular flexibility index (Phi) is 2.29. The lowest BCUT2D eigenvalue weighted by molar-refractivity contribution is 0.251. The van der Waals surface area contributed by atoms with Crippen LogP contribution in [0.1, 0.15) is 5.56 Å². The van der Waals surface area contributed by atoms with Crippen molar-refractivity contribution in [3.05, 3.63) is 54.1 Å². The zero-order chi connectivity index (χ0) is 11.7. The molecule has 0 unspecified atom stereocenters. The summed E-state index contributed by atoms with van der Waals surface area (Å²) in [6, 6.07) is 16.0. The second-order valence-corrected chi connectivity index (χ2v) is 4.01. The second-order valence-electron chi connectivity index (χ2n) is 4.01. The predicted molar refractivity (Wildman–Crippen MR) is 67.7 cm³/mol. The van der Waals surface area contributed by atoms with E-state index in [4.69, 9.17) is 0 Å². The summed E-state index contributed by atoms with van der Waals surface area (Å²) < 4.78 is 0. The summed E-state index contributed by atoms with van der Waals surface area (Å²) in [6.07, 6.45) is 0. The molecule has 3 nitrogen and oxygen atoms in total. The van der Waals surface area contributed by atoms with E-state index >= 15 is 0 Å². The molecule has 3 rings (SSSR count). The molecule has 1 aliphatic heterocycles. The molecule has 0 radical (unpaired) electrons. The Hall–Kier alpha value is -2.29. The lowest BCUT2D eigenvalue weighted by atomic mass is 9.99. The number of nitrogens with one attached hydrogen (secondary N) is 2. The second kappa shape index (κ2) is 3.94. The minimum atomic E-state index is -0.138. The van der Waals surface area contributed by atoms with Gasteiger partial charge in [-0.05, 0) is 11.1 Å². The maximum absolute atomic E-state index is 11.4. The normalized spacial score (nSPS) is 13.5. The number of amides is 2. The van der Waals surface area contributed by atoms with Crippen molar-refractivity contribution >= 4 is 11.7 Å². The summed E-state index contributed by atoms with van der Waals surface area (Å²) in [6.45, 7) is 0.585. The first-order valence-corrected chi connectivity index (χ1v) is 5.57. The number of rotatable bonds is 1. The standard InChI is InChI=1S/C14H12N2O/c17-14-15-9-11-7-4-8-12(13(11)16-14)10-5-2-1-3-6-10/h1-8H,9H2,(H2,15,16,17). The number of para-hydroxylation sites is 1. The Morgan fingerprint density at radius 1 is 0.941 bits per heavy atom. The minimum absolute atomic E-state index is 0.138. The molecule has 0 fully saturated rings. The van der Waals surface area contributed by atoms with Gasteiger partial charge in [-0.25, -0.2) is 4.79 Å². The van der Waals surface area contributed by atoms with Crippen LogP contribution in [0.2, 0.25) is 0 Å². The van der Waals surface area contributed by atoms with E-state index in [0.717, 1.165) is 22.4 Å². The van der Waals surface area contributed by atoms with Crippen LogP contribution in [0.4, 0.5) is 10.5 Å². The van der Waals surface area contributed by atoms with Gasteiger partial charge in [0.15, 0.2) is 0 Å². The number of urea groups is 1. The Morgan fingerprint density at radius 3 is 2.59 bits per heavy atom. The Morgan fingerprint density at radius 2 is 1.76 bits per heavy atom. The van der Waals surface area contributed by atoms with Crippen LogP contribution in [0.5, 0.6) is 0 Å². The van der Waals surface area contributed by atoms with Gasteiger partial charge in [-0.1, -0.05) is 48.5 Å². The van der Waals surface area contributed by atoms with Crippen LogP contribution < -0.4 is 10.6 Å². The molecule has 2 N–H and O–H groups in total. The number of carbonyl (C=O) groups is 1. The van der Waals surface area contributed by atoms with Gasteiger partial charge in [0.25, 0.3) is 0 Å². The highest BCUT2D eigenvalue weighted by atomic mass is 16.2. The number of hydrogen-bond acceptors (Lipinski definition) is 1. The first-order valence-electron chi connectivity index (χ1n) is 5.57. The highest BCUT2D eigenvalue weighted by Gasteiger charge is 2.17. The molecule has 0 saturated heterocycles. The van der Waals surface area contributed by atoms with E-state index in [1.807, 2.05) is 48.5 Å². The first-order chi connectivity index (χ1) is 8.34. The Balaban J connectivity index is 2.15. The fraction of sp³-hybridized carbons (Fsp3) is 0.0714. The molecule has 0 saturated carbocycles. The lowest BCUT2D eigenvalue weighted by Gasteiger charge is -2.21. The summed E-state index contributed by atoms with van der Waals surface area (Å²) >= 11 is 0. The number of hydrogen-bond donors (Lipinski definition) is 2. The summed E-state index contributed by atoms with van der Waals surface area (Å²) in [5, 5.41) is 5.64. The van der Waals surface area contributed by atoms with Gasteiger partial charge in [-0.3, -0.25) is 0 Å². The zero-order valence-electron chi connectivity index (χ0n) is 9.23. The molecule has 1 heterocycles. The van der Waals surface area contributed by atoms with Crippen LogP contribution in [0, 0.1) is 0 Å². The van der Waals surface area contributed by atoms with Crippen molar-refractivity contribution in [3.63, 3.8) is 0 Å². The van der Waals surface area contributed by atoms with Gasteiger partial charge in [-0.2, -0.15) is 0 Å². The molecule has 0 spiro atoms. The molecule has 0 aliphatic carbocycles. The third kappa shape index (κ3) is 1.76. The summed E-state index contributed by atoms with van der Waals surface area (Å²) in [5.41, 5.74) is 4.22. The third-order valence-electron chi connectivity index (χ3n) is 2.91. The molecule has 1 aliphatic rings. The topological polar surface area (TPSA) is 41.1 Å². The average Bonchev–Trinajstić information content (AvgIpc) is 2.39. The van der Waals surface area contributed by atoms with Crippen molar-refractivity contribution in [3.8, 4) is 11.1 Å². The van der Waals surface area contributed by atoms with Gasteiger partial charge >= 0.3 is 6.03 Å². The van der Waals surface area contributed by atoms with Gasteiger partial charge in [0.2, 0.25) is 0 Å². The number of fused-ring (bicyclic) bond motifs is 1. The number of benzene rings is 2. The van der Waals surface area contributed by atoms with Gasteiger partial charge in [0.05, 0.1) is 5.69 Å². The Bertz CT molecular complexity index is 564. The van der Waals surface area contributed by atoms with E-state index in [0.29, 0.717) is 6.54 Å². The highest BCUT2D eigenvalue weighted by Crippen LogP contribution is 2.32. The van der Waals surface area contributed by atoms with Gasteiger partial charge in [0, 0.05) is 12.1 Å². The van der Waals surface area contributed by atoms with Crippen molar-refractivity contribution in [1.82, 2.24) is 5.32 Å². The minimum Gasteiger partial charge on any atom is -0.334 e. The van der Waals surface area contributed by atoms with Crippen LogP contribution in [0.15, 0.2) is 48.5 Å². The van der Waals surface area contributed by atoms with Crippen molar-refractivity contribution in [2.24, 2.45) is 0 Å². The number of carbonyl (C=O) groups excluding carboxylic acids is 1. The smallest absolute Gasteiger partial charge is 0.319 e. The van der Waals surface area contributed by atoms with E-state index in [-0.39, 0.29) is 6.03 Å². The largest absolute Gasteiger partial charge is 0.334 e. The molecule has 3 heteroatoms. The molecule has 0 aromatic heterocycles. The van der Waals surface area contributed by atoms with Crippen molar-refractivity contribution in [2.75, 3.05) is 5.32 Å². The van der Waals surface area contributed by atoms with Crippen LogP contribution in [-0.4, -0.2) is 6.03 Å². The molecule has 0 bridgehead atoms. The van der Waals surface area contributed by atoms with Crippen molar-refractivity contribution in [1.29, 1.82) is 0 Å². The van der Waals surface area contributed by atoms with Crippen molar-refractivity contribution < 1.29 is 4.79 Å². The van der Waals surface area contributed by atoms with Gasteiger partial charge in [-0.15, -0.1) is 0 Å². The van der Waals surface area contributed by atoms with E-state index in [9.17, 15) is 4.79 Å². The van der Waals surface area contributed by atoms with Gasteiger partial charge in [0.1, 0.15) is 0 Å². The zero-order valence-corrected chi connectivity index (χ0v) is 9.23. The van der Waals surface area contributed by atoms with Crippen LogP contribution in [-0.2, 0) is 6.54 Å². The average molecular weight is 224 g/mol. The lowest BCUT2D eigenvalue weighted by Crippen LogP contribution is -2.33. The number of anilines is 1. The van der Waals surface area contributed by atoms with Gasteiger partial charge < -0.3 is 10.6 Å². The van der Waals surface area contributed by atoms with Crippen LogP contribution in [0.25, 0.3) is 11.1 Å². The molecular formula is C14H12N2O. The molecule has 2 aromatic rings. The van der Waals surface area contributed by atoms with Crippen LogP contribution in [0.3, 0.4) is 0 Å². The van der Waals surface area contributed by atoms with E-state index in [2.05, 4.69) is 10.6 Å². The molecule has 2 aromatic carbocycles. The first kappa shape index (κ1) is 9.90. The Labute approximate surface area is 99.5 Å². The molecule has 17 heavy (non-hydrogen) atoms.